The fraction of sp³-hybridized carbons (Fsp3) is 0.846. The number of halogens is 1. The van der Waals surface area contributed by atoms with Crippen molar-refractivity contribution in [1.82, 2.24) is 10.2 Å². The van der Waals surface area contributed by atoms with Gasteiger partial charge in [0.2, 0.25) is 5.91 Å². The summed E-state index contributed by atoms with van der Waals surface area (Å²) in [5.41, 5.74) is -0.681. The van der Waals surface area contributed by atoms with E-state index in [0.29, 0.717) is 0 Å². The monoisotopic (exact) mass is 338 g/mol. The molecule has 1 saturated heterocycles. The molecular formula is C13H23FN2O5S. The summed E-state index contributed by atoms with van der Waals surface area (Å²) in [6.45, 7) is 4.96. The normalized spacial score (nSPS) is 22.5. The van der Waals surface area contributed by atoms with Gasteiger partial charge in [0, 0.05) is 19.2 Å². The molecule has 0 aromatic rings. The lowest BCUT2D eigenvalue weighted by atomic mass is 10.2. The second-order valence-corrected chi connectivity index (χ2v) is 8.71. The van der Waals surface area contributed by atoms with E-state index < -0.39 is 39.7 Å². The van der Waals surface area contributed by atoms with E-state index >= 15 is 0 Å². The minimum atomic E-state index is -3.25. The van der Waals surface area contributed by atoms with E-state index in [1.807, 2.05) is 0 Å². The maximum atomic E-state index is 13.9. The van der Waals surface area contributed by atoms with Crippen LogP contribution < -0.4 is 5.32 Å². The highest BCUT2D eigenvalue weighted by Crippen LogP contribution is 2.17. The van der Waals surface area contributed by atoms with Gasteiger partial charge in [-0.2, -0.15) is 0 Å². The van der Waals surface area contributed by atoms with Crippen molar-refractivity contribution < 1.29 is 27.1 Å². The number of sulfone groups is 1. The van der Waals surface area contributed by atoms with Gasteiger partial charge in [-0.1, -0.05) is 0 Å². The standard InChI is InChI=1S/C13H23FN2O5S/c1-13(2,3)21-12(18)16-7-9(14)10(8-16)15-11(17)5-6-22(4,19)20/h9-10H,5-8H2,1-4H3,(H,15,17)/t9-,10-/m1/s1. The molecule has 22 heavy (non-hydrogen) atoms. The van der Waals surface area contributed by atoms with E-state index in [2.05, 4.69) is 5.32 Å². The van der Waals surface area contributed by atoms with Gasteiger partial charge in [0.25, 0.3) is 0 Å². The number of alkyl halides is 1. The van der Waals surface area contributed by atoms with Crippen LogP contribution in [-0.2, 0) is 19.4 Å². The largest absolute Gasteiger partial charge is 0.444 e. The zero-order valence-corrected chi connectivity index (χ0v) is 14.1. The van der Waals surface area contributed by atoms with Crippen molar-refractivity contribution in [3.05, 3.63) is 0 Å². The van der Waals surface area contributed by atoms with Crippen molar-refractivity contribution in [2.45, 2.75) is 45.0 Å². The molecule has 0 unspecified atom stereocenters. The Morgan fingerprint density at radius 1 is 1.32 bits per heavy atom. The van der Waals surface area contributed by atoms with Crippen LogP contribution in [0.5, 0.6) is 0 Å². The topological polar surface area (TPSA) is 92.8 Å². The zero-order chi connectivity index (χ0) is 17.1. The number of ether oxygens (including phenoxy) is 1. The molecule has 0 spiro atoms. The Labute approximate surface area is 130 Å². The lowest BCUT2D eigenvalue weighted by molar-refractivity contribution is -0.121. The van der Waals surface area contributed by atoms with Crippen molar-refractivity contribution in [3.8, 4) is 0 Å². The van der Waals surface area contributed by atoms with E-state index in [9.17, 15) is 22.4 Å². The Balaban J connectivity index is 2.50. The van der Waals surface area contributed by atoms with Crippen LogP contribution >= 0.6 is 0 Å². The summed E-state index contributed by atoms with van der Waals surface area (Å²) in [7, 11) is -3.25. The van der Waals surface area contributed by atoms with Crippen LogP contribution in [0.2, 0.25) is 0 Å². The first-order chi connectivity index (χ1) is 9.87. The summed E-state index contributed by atoms with van der Waals surface area (Å²) in [5, 5.41) is 2.42. The Kier molecular flexibility index (Phi) is 5.77. The minimum absolute atomic E-state index is 0.000689. The SMILES string of the molecule is CC(C)(C)OC(=O)N1C[C@@H](F)[C@H](NC(=O)CCS(C)(=O)=O)C1. The summed E-state index contributed by atoms with van der Waals surface area (Å²) in [5.74, 6) is -0.845. The Morgan fingerprint density at radius 2 is 1.91 bits per heavy atom. The van der Waals surface area contributed by atoms with Gasteiger partial charge < -0.3 is 15.0 Å². The molecule has 1 heterocycles. The summed E-state index contributed by atoms with van der Waals surface area (Å²) in [4.78, 5) is 24.7. The molecule has 0 saturated carbocycles. The molecule has 0 aromatic heterocycles. The minimum Gasteiger partial charge on any atom is -0.444 e. The van der Waals surface area contributed by atoms with E-state index in [0.717, 1.165) is 6.26 Å². The molecule has 1 rings (SSSR count). The number of nitrogens with zero attached hydrogens (tertiary/aromatic N) is 1. The number of nitrogens with one attached hydrogen (secondary N) is 1. The second-order valence-electron chi connectivity index (χ2n) is 6.46. The van der Waals surface area contributed by atoms with Crippen molar-refractivity contribution in [2.75, 3.05) is 25.1 Å². The molecule has 0 bridgehead atoms. The smallest absolute Gasteiger partial charge is 0.410 e. The summed E-state index contributed by atoms with van der Waals surface area (Å²) in [6, 6.07) is -0.848. The second kappa shape index (κ2) is 6.80. The van der Waals surface area contributed by atoms with Crippen LogP contribution in [-0.4, -0.2) is 68.2 Å². The van der Waals surface area contributed by atoms with Crippen LogP contribution in [0.3, 0.4) is 0 Å². The number of hydrogen-bond donors (Lipinski definition) is 1. The predicted octanol–water partition coefficient (Wildman–Crippen LogP) is 0.495. The molecule has 0 radical (unpaired) electrons. The quantitative estimate of drug-likeness (QED) is 0.805. The highest BCUT2D eigenvalue weighted by atomic mass is 32.2. The maximum absolute atomic E-state index is 13.9. The summed E-state index contributed by atoms with van der Waals surface area (Å²) in [6.07, 6.45) is -1.25. The van der Waals surface area contributed by atoms with E-state index in [-0.39, 0.29) is 25.3 Å². The third-order valence-electron chi connectivity index (χ3n) is 2.95. The third-order valence-corrected chi connectivity index (χ3v) is 3.89. The number of amides is 2. The molecule has 1 aliphatic rings. The van der Waals surface area contributed by atoms with Gasteiger partial charge >= 0.3 is 6.09 Å². The first-order valence-corrected chi connectivity index (χ1v) is 9.02. The fourth-order valence-electron chi connectivity index (χ4n) is 1.93. The number of carbonyl (C=O) groups excluding carboxylic acids is 2. The van der Waals surface area contributed by atoms with Crippen LogP contribution in [0.25, 0.3) is 0 Å². The lowest BCUT2D eigenvalue weighted by Gasteiger charge is -2.24. The molecule has 1 fully saturated rings. The fourth-order valence-corrected chi connectivity index (χ4v) is 2.49. The van der Waals surface area contributed by atoms with E-state index in [4.69, 9.17) is 4.74 Å². The molecule has 0 aromatic carbocycles. The van der Waals surface area contributed by atoms with E-state index in [1.54, 1.807) is 20.8 Å². The lowest BCUT2D eigenvalue weighted by Crippen LogP contribution is -2.42. The zero-order valence-electron chi connectivity index (χ0n) is 13.3. The number of likely N-dealkylation sites (tertiary alicyclic amines) is 1. The Morgan fingerprint density at radius 3 is 2.41 bits per heavy atom. The summed E-state index contributed by atoms with van der Waals surface area (Å²) < 4.78 is 41.0. The van der Waals surface area contributed by atoms with Crippen molar-refractivity contribution in [3.63, 3.8) is 0 Å². The van der Waals surface area contributed by atoms with Crippen molar-refractivity contribution in [1.29, 1.82) is 0 Å². The van der Waals surface area contributed by atoms with Gasteiger partial charge in [-0.15, -0.1) is 0 Å². The molecular weight excluding hydrogens is 315 g/mol. The number of carbonyl (C=O) groups is 2. The average Bonchev–Trinajstić information content (AvgIpc) is 2.65. The van der Waals surface area contributed by atoms with Gasteiger partial charge in [-0.3, -0.25) is 4.79 Å². The van der Waals surface area contributed by atoms with Crippen LogP contribution in [0, 0.1) is 0 Å². The average molecular weight is 338 g/mol. The maximum Gasteiger partial charge on any atom is 0.410 e. The van der Waals surface area contributed by atoms with Crippen LogP contribution in [0.4, 0.5) is 9.18 Å². The molecule has 1 N–H and O–H groups in total. The molecule has 2 amide bonds. The van der Waals surface area contributed by atoms with Gasteiger partial charge in [-0.25, -0.2) is 17.6 Å². The van der Waals surface area contributed by atoms with Gasteiger partial charge in [0.1, 0.15) is 21.6 Å². The third kappa shape index (κ3) is 6.59. The first-order valence-electron chi connectivity index (χ1n) is 6.96. The molecule has 128 valence electrons. The number of hydrogen-bond acceptors (Lipinski definition) is 5. The Hall–Kier alpha value is -1.38. The highest BCUT2D eigenvalue weighted by molar-refractivity contribution is 7.90. The molecule has 2 atom stereocenters. The van der Waals surface area contributed by atoms with E-state index in [1.165, 1.54) is 4.90 Å². The Bertz CT molecular complexity index is 529. The predicted molar refractivity (Wildman–Crippen MR) is 79.0 cm³/mol. The van der Waals surface area contributed by atoms with Crippen molar-refractivity contribution in [2.24, 2.45) is 0 Å². The molecule has 0 aliphatic carbocycles. The molecule has 7 nitrogen and oxygen atoms in total. The number of rotatable bonds is 4. The molecule has 1 aliphatic heterocycles. The summed E-state index contributed by atoms with van der Waals surface area (Å²) >= 11 is 0. The molecule has 9 heteroatoms. The van der Waals surface area contributed by atoms with Gasteiger partial charge in [-0.05, 0) is 20.8 Å². The van der Waals surface area contributed by atoms with Crippen LogP contribution in [0.1, 0.15) is 27.2 Å². The van der Waals surface area contributed by atoms with Crippen molar-refractivity contribution >= 4 is 21.8 Å². The van der Waals surface area contributed by atoms with Gasteiger partial charge in [0.05, 0.1) is 18.3 Å². The van der Waals surface area contributed by atoms with Crippen LogP contribution in [0.15, 0.2) is 0 Å². The first kappa shape index (κ1) is 18.7. The highest BCUT2D eigenvalue weighted by Gasteiger charge is 2.38. The van der Waals surface area contributed by atoms with Gasteiger partial charge in [0.15, 0.2) is 0 Å².